The number of nitro benzene ring substituents is 1. The zero-order chi connectivity index (χ0) is 15.7. The molecule has 22 heavy (non-hydrogen) atoms. The van der Waals surface area contributed by atoms with Crippen LogP contribution < -0.4 is 14.8 Å². The quantitative estimate of drug-likeness (QED) is 0.687. The van der Waals surface area contributed by atoms with E-state index in [1.165, 1.54) is 23.5 Å². The third kappa shape index (κ3) is 2.70. The Labute approximate surface area is 128 Å². The molecule has 1 aliphatic heterocycles. The Morgan fingerprint density at radius 3 is 2.64 bits per heavy atom. The Morgan fingerprint density at radius 1 is 1.36 bits per heavy atom. The second-order valence-corrected chi connectivity index (χ2v) is 5.74. The highest BCUT2D eigenvalue weighted by molar-refractivity contribution is 7.15. The summed E-state index contributed by atoms with van der Waals surface area (Å²) in [6.45, 7) is 2.49. The van der Waals surface area contributed by atoms with E-state index >= 15 is 0 Å². The molecular formula is C13H11N3O5S. The number of benzene rings is 1. The second-order valence-electron chi connectivity index (χ2n) is 4.50. The summed E-state index contributed by atoms with van der Waals surface area (Å²) < 4.78 is 10.7. The minimum absolute atomic E-state index is 0.0953. The summed E-state index contributed by atoms with van der Waals surface area (Å²) >= 11 is 1.28. The highest BCUT2D eigenvalue weighted by atomic mass is 32.1. The number of thiazole rings is 1. The van der Waals surface area contributed by atoms with E-state index in [-0.39, 0.29) is 17.0 Å². The van der Waals surface area contributed by atoms with Gasteiger partial charge in [-0.1, -0.05) is 0 Å². The molecule has 9 heteroatoms. The van der Waals surface area contributed by atoms with Crippen molar-refractivity contribution in [3.05, 3.63) is 38.9 Å². The highest BCUT2D eigenvalue weighted by Gasteiger charge is 2.26. The number of fused-ring (bicyclic) bond motifs is 1. The minimum atomic E-state index is -0.625. The first-order valence-electron chi connectivity index (χ1n) is 6.36. The summed E-state index contributed by atoms with van der Waals surface area (Å²) in [5.41, 5.74) is -0.433. The lowest BCUT2D eigenvalue weighted by atomic mass is 10.1. The standard InChI is InChI=1S/C13H11N3O5S/c1-7-6-14-13(22-7)15-12(17)8-4-10-11(21-3-2-20-10)5-9(8)16(18)19/h4-6H,2-3H2,1H3,(H,14,15,17). The maximum Gasteiger partial charge on any atom is 0.286 e. The maximum atomic E-state index is 12.3. The van der Waals surface area contributed by atoms with Gasteiger partial charge in [0.05, 0.1) is 11.0 Å². The molecule has 0 saturated heterocycles. The van der Waals surface area contributed by atoms with Gasteiger partial charge in [-0.15, -0.1) is 11.3 Å². The maximum absolute atomic E-state index is 12.3. The molecule has 1 N–H and O–H groups in total. The number of nitro groups is 1. The number of rotatable bonds is 3. The first-order valence-corrected chi connectivity index (χ1v) is 7.18. The lowest BCUT2D eigenvalue weighted by Crippen LogP contribution is -2.18. The molecule has 114 valence electrons. The number of aromatic nitrogens is 1. The number of hydrogen-bond donors (Lipinski definition) is 1. The molecule has 1 aromatic carbocycles. The summed E-state index contributed by atoms with van der Waals surface area (Å²) in [6.07, 6.45) is 1.61. The van der Waals surface area contributed by atoms with Crippen molar-refractivity contribution >= 4 is 28.1 Å². The van der Waals surface area contributed by atoms with Crippen LogP contribution in [0.5, 0.6) is 11.5 Å². The number of hydrogen-bond acceptors (Lipinski definition) is 7. The first-order chi connectivity index (χ1) is 10.5. The fourth-order valence-electron chi connectivity index (χ4n) is 1.99. The molecule has 0 aliphatic carbocycles. The van der Waals surface area contributed by atoms with E-state index < -0.39 is 10.8 Å². The van der Waals surface area contributed by atoms with E-state index in [0.717, 1.165) is 4.88 Å². The van der Waals surface area contributed by atoms with Gasteiger partial charge in [0, 0.05) is 17.1 Å². The molecular weight excluding hydrogens is 310 g/mol. The van der Waals surface area contributed by atoms with Gasteiger partial charge in [0.25, 0.3) is 11.6 Å². The molecule has 8 nitrogen and oxygen atoms in total. The third-order valence-electron chi connectivity index (χ3n) is 2.94. The van der Waals surface area contributed by atoms with Gasteiger partial charge >= 0.3 is 0 Å². The molecule has 0 atom stereocenters. The number of nitrogens with zero attached hydrogens (tertiary/aromatic N) is 2. The number of aryl methyl sites for hydroxylation is 1. The van der Waals surface area contributed by atoms with Crippen LogP contribution in [0.15, 0.2) is 18.3 Å². The summed E-state index contributed by atoms with van der Waals surface area (Å²) in [5.74, 6) is -0.0325. The third-order valence-corrected chi connectivity index (χ3v) is 3.77. The van der Waals surface area contributed by atoms with E-state index in [1.54, 1.807) is 6.20 Å². The van der Waals surface area contributed by atoms with Crippen molar-refractivity contribution < 1.29 is 19.2 Å². The molecule has 3 rings (SSSR count). The van der Waals surface area contributed by atoms with Crippen molar-refractivity contribution in [1.82, 2.24) is 4.98 Å². The molecule has 1 aromatic heterocycles. The number of anilines is 1. The Hall–Kier alpha value is -2.68. The Balaban J connectivity index is 1.97. The van der Waals surface area contributed by atoms with E-state index in [9.17, 15) is 14.9 Å². The molecule has 2 heterocycles. The molecule has 0 fully saturated rings. The van der Waals surface area contributed by atoms with Gasteiger partial charge in [0.15, 0.2) is 16.6 Å². The van der Waals surface area contributed by atoms with Crippen LogP contribution in [0.3, 0.4) is 0 Å². The van der Waals surface area contributed by atoms with E-state index in [4.69, 9.17) is 9.47 Å². The summed E-state index contributed by atoms with van der Waals surface area (Å²) in [7, 11) is 0. The van der Waals surface area contributed by atoms with Crippen molar-refractivity contribution in [2.45, 2.75) is 6.92 Å². The monoisotopic (exact) mass is 321 g/mol. The fraction of sp³-hybridized carbons (Fsp3) is 0.231. The molecule has 0 radical (unpaired) electrons. The van der Waals surface area contributed by atoms with Gasteiger partial charge in [0.2, 0.25) is 0 Å². The first kappa shape index (κ1) is 14.3. The summed E-state index contributed by atoms with van der Waals surface area (Å²) in [4.78, 5) is 27.8. The Bertz CT molecular complexity index is 758. The van der Waals surface area contributed by atoms with Crippen molar-refractivity contribution in [1.29, 1.82) is 0 Å². The predicted molar refractivity (Wildman–Crippen MR) is 78.9 cm³/mol. The number of carbonyl (C=O) groups excluding carboxylic acids is 1. The largest absolute Gasteiger partial charge is 0.486 e. The average Bonchev–Trinajstić information content (AvgIpc) is 2.90. The van der Waals surface area contributed by atoms with Crippen molar-refractivity contribution in [3.63, 3.8) is 0 Å². The predicted octanol–water partition coefficient (Wildman–Crippen LogP) is 2.38. The van der Waals surface area contributed by atoms with Gasteiger partial charge < -0.3 is 9.47 Å². The molecule has 0 saturated carbocycles. The van der Waals surface area contributed by atoms with Crippen LogP contribution in [0.25, 0.3) is 0 Å². The smallest absolute Gasteiger partial charge is 0.286 e. The van der Waals surface area contributed by atoms with Gasteiger partial charge in [-0.2, -0.15) is 0 Å². The van der Waals surface area contributed by atoms with Crippen LogP contribution in [0, 0.1) is 17.0 Å². The van der Waals surface area contributed by atoms with E-state index in [0.29, 0.717) is 24.1 Å². The van der Waals surface area contributed by atoms with Gasteiger partial charge in [-0.25, -0.2) is 4.98 Å². The fourth-order valence-corrected chi connectivity index (χ4v) is 2.65. The van der Waals surface area contributed by atoms with Gasteiger partial charge in [-0.05, 0) is 6.92 Å². The Morgan fingerprint density at radius 2 is 2.05 bits per heavy atom. The van der Waals surface area contributed by atoms with E-state index in [2.05, 4.69) is 10.3 Å². The van der Waals surface area contributed by atoms with Crippen LogP contribution in [0.4, 0.5) is 10.8 Å². The molecule has 0 spiro atoms. The van der Waals surface area contributed by atoms with Crippen molar-refractivity contribution in [2.75, 3.05) is 18.5 Å². The lowest BCUT2D eigenvalue weighted by molar-refractivity contribution is -0.385. The van der Waals surface area contributed by atoms with Crippen molar-refractivity contribution in [2.24, 2.45) is 0 Å². The Kier molecular flexibility index (Phi) is 3.63. The second kappa shape index (κ2) is 5.60. The number of amides is 1. The van der Waals surface area contributed by atoms with Crippen LogP contribution in [0.2, 0.25) is 0 Å². The van der Waals surface area contributed by atoms with Crippen molar-refractivity contribution in [3.8, 4) is 11.5 Å². The highest BCUT2D eigenvalue weighted by Crippen LogP contribution is 2.37. The average molecular weight is 321 g/mol. The topological polar surface area (TPSA) is 104 Å². The zero-order valence-electron chi connectivity index (χ0n) is 11.5. The molecule has 0 unspecified atom stereocenters. The van der Waals surface area contributed by atoms with Crippen LogP contribution >= 0.6 is 11.3 Å². The van der Waals surface area contributed by atoms with Gasteiger partial charge in [0.1, 0.15) is 18.8 Å². The van der Waals surface area contributed by atoms with Crippen LogP contribution in [-0.2, 0) is 0 Å². The molecule has 2 aromatic rings. The SMILES string of the molecule is Cc1cnc(NC(=O)c2cc3c(cc2[N+](=O)[O-])OCCO3)s1. The summed E-state index contributed by atoms with van der Waals surface area (Å²) in [6, 6.07) is 2.53. The number of ether oxygens (including phenoxy) is 2. The molecule has 1 amide bonds. The van der Waals surface area contributed by atoms with Gasteiger partial charge in [-0.3, -0.25) is 20.2 Å². The lowest BCUT2D eigenvalue weighted by Gasteiger charge is -2.18. The molecule has 0 bridgehead atoms. The zero-order valence-corrected chi connectivity index (χ0v) is 12.3. The molecule has 1 aliphatic rings. The number of carbonyl (C=O) groups is 1. The summed E-state index contributed by atoms with van der Waals surface area (Å²) in [5, 5.41) is 14.1. The van der Waals surface area contributed by atoms with Crippen LogP contribution in [0.1, 0.15) is 15.2 Å². The number of nitrogens with one attached hydrogen (secondary N) is 1. The van der Waals surface area contributed by atoms with E-state index in [1.807, 2.05) is 6.92 Å². The minimum Gasteiger partial charge on any atom is -0.486 e. The normalized spacial score (nSPS) is 12.8. The van der Waals surface area contributed by atoms with Crippen LogP contribution in [-0.4, -0.2) is 29.0 Å².